The molecule has 0 bridgehead atoms. The Balaban J connectivity index is 1.58. The molecule has 2 aliphatic heterocycles. The van der Waals surface area contributed by atoms with Gasteiger partial charge in [-0.25, -0.2) is 9.78 Å². The van der Waals surface area contributed by atoms with E-state index < -0.39 is 5.54 Å². The smallest absolute Gasteiger partial charge is 0.328 e. The molecular weight excluding hydrogens is 398 g/mol. The van der Waals surface area contributed by atoms with E-state index >= 15 is 0 Å². The highest BCUT2D eigenvalue weighted by Crippen LogP contribution is 2.39. The largest absolute Gasteiger partial charge is 0.380 e. The lowest BCUT2D eigenvalue weighted by atomic mass is 9.85. The summed E-state index contributed by atoms with van der Waals surface area (Å²) in [6, 6.07) is 10.9. The number of piperidine rings is 1. The molecule has 4 rings (SSSR count). The van der Waals surface area contributed by atoms with Crippen LogP contribution < -0.4 is 10.5 Å². The van der Waals surface area contributed by atoms with E-state index in [0.29, 0.717) is 51.5 Å². The minimum Gasteiger partial charge on any atom is -0.380 e. The van der Waals surface area contributed by atoms with Crippen LogP contribution in [-0.4, -0.2) is 70.1 Å². The molecule has 0 atom stereocenters. The lowest BCUT2D eigenvalue weighted by Crippen LogP contribution is -2.56. The summed E-state index contributed by atoms with van der Waals surface area (Å²) in [5.74, 6) is 0.421. The molecule has 2 aromatic rings. The molecule has 1 aromatic carbocycles. The number of nitrogens with one attached hydrogen (secondary N) is 1. The number of amides is 3. The number of imide groups is 1. The van der Waals surface area contributed by atoms with E-state index in [4.69, 9.17) is 4.74 Å². The predicted molar refractivity (Wildman–Crippen MR) is 115 cm³/mol. The van der Waals surface area contributed by atoms with Gasteiger partial charge in [-0.15, -0.1) is 0 Å². The molecule has 2 saturated heterocycles. The molecule has 0 unspecified atom stereocenters. The fraction of sp³-hybridized carbons (Fsp3) is 0.455. The van der Waals surface area contributed by atoms with Crippen LogP contribution in [0.4, 0.5) is 10.6 Å². The molecule has 0 saturated carbocycles. The first kappa shape index (κ1) is 21.0. The standard InChI is InChI=1S/C22H27N5O4/c1-2-31-13-12-26-20(29)22(27(21(26)30)15-17-6-4-3-5-7-17)8-10-25(11-9-22)18-14-19(28)24-16-23-18/h3-7,14,16H,2,8-13,15H2,1H3,(H,23,24,28). The minimum absolute atomic E-state index is 0.161. The van der Waals surface area contributed by atoms with Gasteiger partial charge in [0.05, 0.1) is 19.5 Å². The number of carbonyl (C=O) groups excluding carboxylic acids is 2. The monoisotopic (exact) mass is 425 g/mol. The SMILES string of the molecule is CCOCCN1C(=O)N(Cc2ccccc2)C2(CCN(c3cc(=O)[nH]cn3)CC2)C1=O. The second kappa shape index (κ2) is 8.89. The minimum atomic E-state index is -0.892. The summed E-state index contributed by atoms with van der Waals surface area (Å²) in [6.45, 7) is 4.42. The number of nitrogens with zero attached hydrogens (tertiary/aromatic N) is 4. The summed E-state index contributed by atoms with van der Waals surface area (Å²) in [4.78, 5) is 50.2. The van der Waals surface area contributed by atoms with Gasteiger partial charge >= 0.3 is 6.03 Å². The average molecular weight is 425 g/mol. The van der Waals surface area contributed by atoms with Crippen LogP contribution in [0.15, 0.2) is 47.5 Å². The van der Waals surface area contributed by atoms with Gasteiger partial charge in [0, 0.05) is 32.3 Å². The summed E-state index contributed by atoms with van der Waals surface area (Å²) in [7, 11) is 0. The maximum absolute atomic E-state index is 13.5. The molecule has 1 spiro atoms. The van der Waals surface area contributed by atoms with E-state index in [1.54, 1.807) is 4.90 Å². The molecule has 2 aliphatic rings. The Morgan fingerprint density at radius 1 is 1.13 bits per heavy atom. The van der Waals surface area contributed by atoms with Gasteiger partial charge in [-0.1, -0.05) is 30.3 Å². The van der Waals surface area contributed by atoms with Crippen LogP contribution in [-0.2, 0) is 16.1 Å². The van der Waals surface area contributed by atoms with Crippen LogP contribution >= 0.6 is 0 Å². The van der Waals surface area contributed by atoms with Crippen LogP contribution in [0, 0.1) is 0 Å². The van der Waals surface area contributed by atoms with Crippen molar-refractivity contribution in [1.82, 2.24) is 19.8 Å². The first-order chi connectivity index (χ1) is 15.0. The Labute approximate surface area is 180 Å². The van der Waals surface area contributed by atoms with Gasteiger partial charge in [0.25, 0.3) is 11.5 Å². The molecule has 3 amide bonds. The third kappa shape index (κ3) is 4.05. The zero-order valence-corrected chi connectivity index (χ0v) is 17.6. The van der Waals surface area contributed by atoms with Crippen molar-refractivity contribution >= 4 is 17.8 Å². The van der Waals surface area contributed by atoms with E-state index in [1.165, 1.54) is 17.3 Å². The number of carbonyl (C=O) groups is 2. The molecule has 2 fully saturated rings. The van der Waals surface area contributed by atoms with Crippen molar-refractivity contribution in [3.63, 3.8) is 0 Å². The highest BCUT2D eigenvalue weighted by Gasteiger charge is 2.57. The van der Waals surface area contributed by atoms with Gasteiger partial charge in [0.1, 0.15) is 11.4 Å². The summed E-state index contributed by atoms with van der Waals surface area (Å²) >= 11 is 0. The third-order valence-electron chi connectivity index (χ3n) is 6.05. The summed E-state index contributed by atoms with van der Waals surface area (Å²) in [5, 5.41) is 0. The van der Waals surface area contributed by atoms with Crippen LogP contribution in [0.25, 0.3) is 0 Å². The number of rotatable bonds is 7. The molecular formula is C22H27N5O4. The summed E-state index contributed by atoms with van der Waals surface area (Å²) < 4.78 is 5.39. The zero-order valence-electron chi connectivity index (χ0n) is 17.6. The third-order valence-corrected chi connectivity index (χ3v) is 6.05. The molecule has 9 heteroatoms. The average Bonchev–Trinajstić information content (AvgIpc) is 2.97. The van der Waals surface area contributed by atoms with Crippen molar-refractivity contribution in [3.05, 3.63) is 58.6 Å². The van der Waals surface area contributed by atoms with E-state index in [9.17, 15) is 14.4 Å². The van der Waals surface area contributed by atoms with Gasteiger partial charge in [-0.2, -0.15) is 0 Å². The van der Waals surface area contributed by atoms with Crippen molar-refractivity contribution in [2.24, 2.45) is 0 Å². The first-order valence-corrected chi connectivity index (χ1v) is 10.6. The second-order valence-electron chi connectivity index (χ2n) is 7.80. The summed E-state index contributed by atoms with van der Waals surface area (Å²) in [5.41, 5.74) is -0.129. The van der Waals surface area contributed by atoms with Gasteiger partial charge in [-0.3, -0.25) is 14.5 Å². The van der Waals surface area contributed by atoms with E-state index in [0.717, 1.165) is 5.56 Å². The number of ether oxygens (including phenoxy) is 1. The number of urea groups is 1. The van der Waals surface area contributed by atoms with Crippen LogP contribution in [0.2, 0.25) is 0 Å². The second-order valence-corrected chi connectivity index (χ2v) is 7.80. The highest BCUT2D eigenvalue weighted by molar-refractivity contribution is 6.07. The van der Waals surface area contributed by atoms with Crippen molar-refractivity contribution in [2.75, 3.05) is 37.7 Å². The molecule has 1 aromatic heterocycles. The van der Waals surface area contributed by atoms with Crippen molar-refractivity contribution in [1.29, 1.82) is 0 Å². The normalized spacial score (nSPS) is 18.3. The molecule has 9 nitrogen and oxygen atoms in total. The number of hydrogen-bond donors (Lipinski definition) is 1. The zero-order chi connectivity index (χ0) is 21.8. The molecule has 0 radical (unpaired) electrons. The molecule has 1 N–H and O–H groups in total. The van der Waals surface area contributed by atoms with Crippen LogP contribution in [0.1, 0.15) is 25.3 Å². The molecule has 3 heterocycles. The van der Waals surface area contributed by atoms with Gasteiger partial charge < -0.3 is 19.5 Å². The molecule has 0 aliphatic carbocycles. The van der Waals surface area contributed by atoms with Gasteiger partial charge in [-0.05, 0) is 25.3 Å². The van der Waals surface area contributed by atoms with Gasteiger partial charge in [0.2, 0.25) is 0 Å². The van der Waals surface area contributed by atoms with Crippen molar-refractivity contribution < 1.29 is 14.3 Å². The molecule has 164 valence electrons. The lowest BCUT2D eigenvalue weighted by Gasteiger charge is -2.42. The number of anilines is 1. The predicted octanol–water partition coefficient (Wildman–Crippen LogP) is 1.61. The van der Waals surface area contributed by atoms with E-state index in [2.05, 4.69) is 9.97 Å². The van der Waals surface area contributed by atoms with Gasteiger partial charge in [0.15, 0.2) is 0 Å². The fourth-order valence-corrected chi connectivity index (χ4v) is 4.39. The molecule has 31 heavy (non-hydrogen) atoms. The van der Waals surface area contributed by atoms with Crippen molar-refractivity contribution in [2.45, 2.75) is 31.8 Å². The summed E-state index contributed by atoms with van der Waals surface area (Å²) in [6.07, 6.45) is 2.33. The van der Waals surface area contributed by atoms with Crippen molar-refractivity contribution in [3.8, 4) is 0 Å². The van der Waals surface area contributed by atoms with Crippen LogP contribution in [0.5, 0.6) is 0 Å². The number of hydrogen-bond acceptors (Lipinski definition) is 6. The maximum Gasteiger partial charge on any atom is 0.328 e. The quantitative estimate of drug-likeness (QED) is 0.535. The Bertz CT molecular complexity index is 985. The Kier molecular flexibility index (Phi) is 6.03. The Hall–Kier alpha value is -3.20. The number of aromatic amines is 1. The first-order valence-electron chi connectivity index (χ1n) is 10.6. The Morgan fingerprint density at radius 2 is 1.87 bits per heavy atom. The number of benzene rings is 1. The number of aromatic nitrogens is 2. The fourth-order valence-electron chi connectivity index (χ4n) is 4.39. The van der Waals surface area contributed by atoms with E-state index in [-0.39, 0.29) is 24.0 Å². The Morgan fingerprint density at radius 3 is 2.55 bits per heavy atom. The topological polar surface area (TPSA) is 98.8 Å². The van der Waals surface area contributed by atoms with E-state index in [1.807, 2.05) is 42.2 Å². The lowest BCUT2D eigenvalue weighted by molar-refractivity contribution is -0.135. The number of H-pyrrole nitrogens is 1. The maximum atomic E-state index is 13.5. The highest BCUT2D eigenvalue weighted by atomic mass is 16.5. The van der Waals surface area contributed by atoms with Crippen LogP contribution in [0.3, 0.4) is 0 Å².